The standard InChI is InChI=1S/C26H32O3/c1-21(28-20-19-22-7-3-2-4-8-22)29-26-17-13-24(14-18-26)10-6-5-9-23-11-15-25(27)16-12-23/h5-6,9-18,21-22,27H,2-4,7-8,19-20H2,1H3. The zero-order valence-corrected chi connectivity index (χ0v) is 17.3. The molecule has 1 fully saturated rings. The molecule has 154 valence electrons. The third kappa shape index (κ3) is 7.78. The molecule has 1 saturated carbocycles. The summed E-state index contributed by atoms with van der Waals surface area (Å²) in [6.45, 7) is 2.74. The zero-order chi connectivity index (χ0) is 20.3. The summed E-state index contributed by atoms with van der Waals surface area (Å²) in [6, 6.07) is 15.2. The molecule has 0 spiro atoms. The molecular weight excluding hydrogens is 360 g/mol. The van der Waals surface area contributed by atoms with Gasteiger partial charge in [-0.1, -0.05) is 80.7 Å². The molecule has 2 aromatic carbocycles. The van der Waals surface area contributed by atoms with Gasteiger partial charge in [0.05, 0.1) is 6.61 Å². The zero-order valence-electron chi connectivity index (χ0n) is 17.3. The molecule has 0 heterocycles. The fraction of sp³-hybridized carbons (Fsp3) is 0.385. The minimum Gasteiger partial charge on any atom is -0.508 e. The van der Waals surface area contributed by atoms with Crippen LogP contribution >= 0.6 is 0 Å². The average Bonchev–Trinajstić information content (AvgIpc) is 2.74. The van der Waals surface area contributed by atoms with Gasteiger partial charge in [-0.2, -0.15) is 0 Å². The molecular formula is C26H32O3. The Labute approximate surface area is 174 Å². The first-order chi connectivity index (χ1) is 14.2. The second-order valence-corrected chi connectivity index (χ2v) is 7.73. The highest BCUT2D eigenvalue weighted by Gasteiger charge is 2.13. The molecule has 3 heteroatoms. The molecule has 1 N–H and O–H groups in total. The van der Waals surface area contributed by atoms with E-state index in [-0.39, 0.29) is 12.0 Å². The van der Waals surface area contributed by atoms with E-state index in [4.69, 9.17) is 9.47 Å². The van der Waals surface area contributed by atoms with Crippen LogP contribution in [-0.4, -0.2) is 18.0 Å². The van der Waals surface area contributed by atoms with Crippen LogP contribution in [0.5, 0.6) is 11.5 Å². The van der Waals surface area contributed by atoms with E-state index in [9.17, 15) is 5.11 Å². The lowest BCUT2D eigenvalue weighted by atomic mass is 9.87. The molecule has 1 atom stereocenters. The molecule has 0 aliphatic heterocycles. The topological polar surface area (TPSA) is 38.7 Å². The number of allylic oxidation sites excluding steroid dienone is 2. The third-order valence-corrected chi connectivity index (χ3v) is 5.37. The van der Waals surface area contributed by atoms with Crippen molar-refractivity contribution in [2.75, 3.05) is 6.61 Å². The summed E-state index contributed by atoms with van der Waals surface area (Å²) in [7, 11) is 0. The number of aromatic hydroxyl groups is 1. The van der Waals surface area contributed by atoms with E-state index in [0.717, 1.165) is 35.8 Å². The van der Waals surface area contributed by atoms with Gasteiger partial charge in [0.2, 0.25) is 0 Å². The van der Waals surface area contributed by atoms with Crippen molar-refractivity contribution in [3.05, 3.63) is 71.8 Å². The predicted molar refractivity (Wildman–Crippen MR) is 120 cm³/mol. The first-order valence-corrected chi connectivity index (χ1v) is 10.7. The Balaban J connectivity index is 1.39. The first-order valence-electron chi connectivity index (χ1n) is 10.7. The van der Waals surface area contributed by atoms with Crippen LogP contribution in [0.15, 0.2) is 60.7 Å². The van der Waals surface area contributed by atoms with Crippen molar-refractivity contribution in [2.45, 2.75) is 51.7 Å². The maximum Gasteiger partial charge on any atom is 0.196 e. The van der Waals surface area contributed by atoms with Gasteiger partial charge >= 0.3 is 0 Å². The first kappa shape index (κ1) is 21.2. The van der Waals surface area contributed by atoms with Gasteiger partial charge in [0.1, 0.15) is 11.5 Å². The molecule has 3 nitrogen and oxygen atoms in total. The van der Waals surface area contributed by atoms with Gasteiger partial charge in [-0.3, -0.25) is 0 Å². The maximum atomic E-state index is 9.29. The summed E-state index contributed by atoms with van der Waals surface area (Å²) >= 11 is 0. The van der Waals surface area contributed by atoms with E-state index >= 15 is 0 Å². The number of phenols is 1. The summed E-state index contributed by atoms with van der Waals surface area (Å²) in [5.41, 5.74) is 2.16. The summed E-state index contributed by atoms with van der Waals surface area (Å²) in [5, 5.41) is 9.29. The van der Waals surface area contributed by atoms with Crippen molar-refractivity contribution in [1.82, 2.24) is 0 Å². The van der Waals surface area contributed by atoms with Crippen LogP contribution in [0.25, 0.3) is 12.2 Å². The van der Waals surface area contributed by atoms with Crippen molar-refractivity contribution >= 4 is 12.2 Å². The molecule has 0 bridgehead atoms. The quantitative estimate of drug-likeness (QED) is 0.375. The van der Waals surface area contributed by atoms with Crippen LogP contribution in [0.4, 0.5) is 0 Å². The predicted octanol–water partition coefficient (Wildman–Crippen LogP) is 6.83. The van der Waals surface area contributed by atoms with Crippen LogP contribution in [0.3, 0.4) is 0 Å². The largest absolute Gasteiger partial charge is 0.508 e. The second-order valence-electron chi connectivity index (χ2n) is 7.73. The maximum absolute atomic E-state index is 9.29. The van der Waals surface area contributed by atoms with Crippen molar-refractivity contribution in [2.24, 2.45) is 5.92 Å². The lowest BCUT2D eigenvalue weighted by molar-refractivity contribution is -0.0711. The third-order valence-electron chi connectivity index (χ3n) is 5.37. The van der Waals surface area contributed by atoms with Crippen LogP contribution < -0.4 is 4.74 Å². The minimum absolute atomic E-state index is 0.228. The summed E-state index contributed by atoms with van der Waals surface area (Å²) in [5.74, 6) is 1.95. The Bertz CT molecular complexity index is 769. The highest BCUT2D eigenvalue weighted by atomic mass is 16.7. The fourth-order valence-electron chi connectivity index (χ4n) is 3.68. The van der Waals surface area contributed by atoms with Crippen LogP contribution in [0.2, 0.25) is 0 Å². The van der Waals surface area contributed by atoms with Gasteiger partial charge in [0.15, 0.2) is 6.29 Å². The molecule has 0 aromatic heterocycles. The Kier molecular flexibility index (Phi) is 8.39. The Morgan fingerprint density at radius 2 is 1.48 bits per heavy atom. The van der Waals surface area contributed by atoms with E-state index in [1.807, 2.05) is 67.6 Å². The molecule has 1 aliphatic carbocycles. The minimum atomic E-state index is -0.228. The molecule has 0 amide bonds. The van der Waals surface area contributed by atoms with Crippen molar-refractivity contribution < 1.29 is 14.6 Å². The lowest BCUT2D eigenvalue weighted by Gasteiger charge is -2.22. The second kappa shape index (κ2) is 11.5. The molecule has 0 radical (unpaired) electrons. The smallest absolute Gasteiger partial charge is 0.196 e. The molecule has 1 unspecified atom stereocenters. The number of ether oxygens (including phenoxy) is 2. The SMILES string of the molecule is CC(OCCC1CCCCC1)Oc1ccc(C=CC=Cc2ccc(O)cc2)cc1. The van der Waals surface area contributed by atoms with Gasteiger partial charge < -0.3 is 14.6 Å². The van der Waals surface area contributed by atoms with Gasteiger partial charge in [0.25, 0.3) is 0 Å². The summed E-state index contributed by atoms with van der Waals surface area (Å²) < 4.78 is 11.7. The van der Waals surface area contributed by atoms with E-state index < -0.39 is 0 Å². The number of phenolic OH excluding ortho intramolecular Hbond substituents is 1. The van der Waals surface area contributed by atoms with Crippen molar-refractivity contribution in [3.8, 4) is 11.5 Å². The summed E-state index contributed by atoms with van der Waals surface area (Å²) in [6.07, 6.45) is 15.8. The van der Waals surface area contributed by atoms with Crippen molar-refractivity contribution in [3.63, 3.8) is 0 Å². The molecule has 0 saturated heterocycles. The summed E-state index contributed by atoms with van der Waals surface area (Å²) in [4.78, 5) is 0. The fourth-order valence-corrected chi connectivity index (χ4v) is 3.68. The average molecular weight is 393 g/mol. The number of benzene rings is 2. The van der Waals surface area contributed by atoms with E-state index in [2.05, 4.69) is 0 Å². The van der Waals surface area contributed by atoms with Gasteiger partial charge in [-0.15, -0.1) is 0 Å². The lowest BCUT2D eigenvalue weighted by Crippen LogP contribution is -2.19. The highest BCUT2D eigenvalue weighted by Crippen LogP contribution is 2.26. The van der Waals surface area contributed by atoms with E-state index in [0.29, 0.717) is 0 Å². The van der Waals surface area contributed by atoms with E-state index in [1.54, 1.807) is 12.1 Å². The Hall–Kier alpha value is -2.52. The highest BCUT2D eigenvalue weighted by molar-refractivity contribution is 5.57. The molecule has 29 heavy (non-hydrogen) atoms. The number of hydrogen-bond donors (Lipinski definition) is 1. The monoisotopic (exact) mass is 392 g/mol. The van der Waals surface area contributed by atoms with Crippen LogP contribution in [0, 0.1) is 5.92 Å². The number of hydrogen-bond acceptors (Lipinski definition) is 3. The molecule has 1 aliphatic rings. The number of rotatable bonds is 9. The normalized spacial score (nSPS) is 16.4. The Morgan fingerprint density at radius 1 is 0.897 bits per heavy atom. The van der Waals surface area contributed by atoms with Crippen LogP contribution in [-0.2, 0) is 4.74 Å². The Morgan fingerprint density at radius 3 is 2.10 bits per heavy atom. The van der Waals surface area contributed by atoms with Gasteiger partial charge in [-0.25, -0.2) is 0 Å². The molecule has 2 aromatic rings. The van der Waals surface area contributed by atoms with Crippen molar-refractivity contribution in [1.29, 1.82) is 0 Å². The van der Waals surface area contributed by atoms with Crippen LogP contribution in [0.1, 0.15) is 56.6 Å². The van der Waals surface area contributed by atoms with Gasteiger partial charge in [-0.05, 0) is 54.7 Å². The molecule has 3 rings (SSSR count). The van der Waals surface area contributed by atoms with E-state index in [1.165, 1.54) is 32.1 Å². The van der Waals surface area contributed by atoms with Gasteiger partial charge in [0, 0.05) is 0 Å².